The van der Waals surface area contributed by atoms with Crippen molar-refractivity contribution in [2.75, 3.05) is 0 Å². The van der Waals surface area contributed by atoms with Crippen LogP contribution >= 0.6 is 11.3 Å². The predicted molar refractivity (Wildman–Crippen MR) is 90.2 cm³/mol. The number of thiophene rings is 1. The van der Waals surface area contributed by atoms with Gasteiger partial charge in [0.15, 0.2) is 0 Å². The molecule has 0 bridgehead atoms. The molecule has 20 heavy (non-hydrogen) atoms. The number of hydrogen-bond donors (Lipinski definition) is 0. The van der Waals surface area contributed by atoms with Crippen LogP contribution in [0.2, 0.25) is 0 Å². The van der Waals surface area contributed by atoms with Crippen molar-refractivity contribution in [3.05, 3.63) is 66.7 Å². The topological polar surface area (TPSA) is 0 Å². The van der Waals surface area contributed by atoms with Gasteiger partial charge in [-0.2, -0.15) is 0 Å². The molecular formula is C18H11BS. The third-order valence-electron chi connectivity index (χ3n) is 3.61. The fourth-order valence-electron chi connectivity index (χ4n) is 2.66. The average molecular weight is 270 g/mol. The minimum Gasteiger partial charge on any atom is -0.135 e. The zero-order valence-electron chi connectivity index (χ0n) is 10.8. The minimum atomic E-state index is 0.824. The zero-order valence-corrected chi connectivity index (χ0v) is 11.7. The summed E-state index contributed by atoms with van der Waals surface area (Å²) in [4.78, 5) is 0. The Morgan fingerprint density at radius 3 is 2.45 bits per heavy atom. The Morgan fingerprint density at radius 2 is 1.60 bits per heavy atom. The van der Waals surface area contributed by atoms with Crippen LogP contribution in [0.5, 0.6) is 0 Å². The van der Waals surface area contributed by atoms with E-state index in [1.54, 1.807) is 0 Å². The van der Waals surface area contributed by atoms with Gasteiger partial charge in [0.1, 0.15) is 7.85 Å². The molecule has 0 N–H and O–H groups in total. The summed E-state index contributed by atoms with van der Waals surface area (Å²) in [5.74, 6) is 0. The summed E-state index contributed by atoms with van der Waals surface area (Å²) < 4.78 is 2.59. The van der Waals surface area contributed by atoms with E-state index in [1.807, 2.05) is 17.4 Å². The Kier molecular flexibility index (Phi) is 2.64. The van der Waals surface area contributed by atoms with E-state index >= 15 is 0 Å². The van der Waals surface area contributed by atoms with Crippen LogP contribution in [0.4, 0.5) is 0 Å². The van der Waals surface area contributed by atoms with E-state index in [1.165, 1.54) is 31.3 Å². The van der Waals surface area contributed by atoms with Gasteiger partial charge in [0, 0.05) is 20.2 Å². The van der Waals surface area contributed by atoms with Crippen molar-refractivity contribution >= 4 is 44.8 Å². The molecule has 4 aromatic rings. The number of fused-ring (bicyclic) bond motifs is 3. The third kappa shape index (κ3) is 1.76. The van der Waals surface area contributed by atoms with E-state index in [2.05, 4.69) is 60.7 Å². The van der Waals surface area contributed by atoms with Crippen LogP contribution in [-0.4, -0.2) is 7.85 Å². The van der Waals surface area contributed by atoms with Gasteiger partial charge >= 0.3 is 0 Å². The highest BCUT2D eigenvalue weighted by Gasteiger charge is 2.09. The van der Waals surface area contributed by atoms with Crippen LogP contribution in [0.3, 0.4) is 0 Å². The first-order chi connectivity index (χ1) is 9.83. The molecule has 92 valence electrons. The molecule has 0 aliphatic rings. The SMILES string of the molecule is [B]c1ccc2c(c1)sc1c(-c3ccccc3)cccc12. The second-order valence-electron chi connectivity index (χ2n) is 4.91. The van der Waals surface area contributed by atoms with Gasteiger partial charge < -0.3 is 0 Å². The summed E-state index contributed by atoms with van der Waals surface area (Å²) in [7, 11) is 5.90. The van der Waals surface area contributed by atoms with Gasteiger partial charge in [-0.15, -0.1) is 11.3 Å². The summed E-state index contributed by atoms with van der Waals surface area (Å²) in [5, 5.41) is 2.60. The maximum Gasteiger partial charge on any atom is 0.113 e. The lowest BCUT2D eigenvalue weighted by Gasteiger charge is -2.02. The van der Waals surface area contributed by atoms with E-state index in [0.717, 1.165) is 5.46 Å². The minimum absolute atomic E-state index is 0.824. The normalized spacial score (nSPS) is 11.2. The molecule has 4 rings (SSSR count). The van der Waals surface area contributed by atoms with E-state index < -0.39 is 0 Å². The number of benzene rings is 3. The second-order valence-corrected chi connectivity index (χ2v) is 5.96. The fraction of sp³-hybridized carbons (Fsp3) is 0. The molecule has 1 aromatic heterocycles. The van der Waals surface area contributed by atoms with Gasteiger partial charge in [0.2, 0.25) is 0 Å². The molecule has 0 amide bonds. The molecule has 0 unspecified atom stereocenters. The molecule has 0 saturated heterocycles. The first kappa shape index (κ1) is 11.7. The smallest absolute Gasteiger partial charge is 0.113 e. The monoisotopic (exact) mass is 270 g/mol. The lowest BCUT2D eigenvalue weighted by Crippen LogP contribution is -1.98. The van der Waals surface area contributed by atoms with Crippen molar-refractivity contribution in [2.45, 2.75) is 0 Å². The molecule has 0 fully saturated rings. The quantitative estimate of drug-likeness (QED) is 0.446. The van der Waals surface area contributed by atoms with Crippen molar-refractivity contribution < 1.29 is 0 Å². The van der Waals surface area contributed by atoms with Crippen LogP contribution in [0, 0.1) is 0 Å². The lowest BCUT2D eigenvalue weighted by molar-refractivity contribution is 1.67. The largest absolute Gasteiger partial charge is 0.135 e. The predicted octanol–water partition coefficient (Wildman–Crippen LogP) is 4.52. The maximum absolute atomic E-state index is 5.90. The molecule has 0 saturated carbocycles. The Bertz CT molecular complexity index is 907. The number of rotatable bonds is 1. The standard InChI is InChI=1S/C18H11BS/c19-13-9-10-15-16-8-4-7-14(12-5-2-1-3-6-12)18(16)20-17(15)11-13/h1-11H. The maximum atomic E-state index is 5.90. The van der Waals surface area contributed by atoms with Crippen molar-refractivity contribution in [1.82, 2.24) is 0 Å². The van der Waals surface area contributed by atoms with Crippen molar-refractivity contribution in [3.63, 3.8) is 0 Å². The first-order valence-electron chi connectivity index (χ1n) is 6.59. The van der Waals surface area contributed by atoms with Crippen LogP contribution in [-0.2, 0) is 0 Å². The molecule has 2 radical (unpaired) electrons. The molecule has 0 atom stereocenters. The Balaban J connectivity index is 2.11. The molecular weight excluding hydrogens is 259 g/mol. The van der Waals surface area contributed by atoms with Crippen LogP contribution < -0.4 is 5.46 Å². The molecule has 3 aromatic carbocycles. The molecule has 0 aliphatic heterocycles. The molecule has 2 heteroatoms. The highest BCUT2D eigenvalue weighted by Crippen LogP contribution is 2.39. The molecule has 0 spiro atoms. The van der Waals surface area contributed by atoms with Crippen molar-refractivity contribution in [3.8, 4) is 11.1 Å². The van der Waals surface area contributed by atoms with Gasteiger partial charge in [-0.3, -0.25) is 0 Å². The summed E-state index contributed by atoms with van der Waals surface area (Å²) in [6.07, 6.45) is 0. The van der Waals surface area contributed by atoms with Gasteiger partial charge in [0.25, 0.3) is 0 Å². The van der Waals surface area contributed by atoms with Crippen LogP contribution in [0.1, 0.15) is 0 Å². The fourth-order valence-corrected chi connectivity index (χ4v) is 3.95. The number of hydrogen-bond acceptors (Lipinski definition) is 1. The van der Waals surface area contributed by atoms with Crippen molar-refractivity contribution in [2.24, 2.45) is 0 Å². The summed E-state index contributed by atoms with van der Waals surface area (Å²) >= 11 is 1.82. The molecule has 0 aliphatic carbocycles. The van der Waals surface area contributed by atoms with Gasteiger partial charge in [-0.1, -0.05) is 72.2 Å². The zero-order chi connectivity index (χ0) is 13.5. The Labute approximate surface area is 123 Å². The second kappa shape index (κ2) is 4.50. The van der Waals surface area contributed by atoms with Crippen molar-refractivity contribution in [1.29, 1.82) is 0 Å². The lowest BCUT2D eigenvalue weighted by atomic mass is 9.95. The van der Waals surface area contributed by atoms with E-state index in [-0.39, 0.29) is 0 Å². The van der Waals surface area contributed by atoms with Gasteiger partial charge in [-0.25, -0.2) is 0 Å². The summed E-state index contributed by atoms with van der Waals surface area (Å²) in [6.45, 7) is 0. The highest BCUT2D eigenvalue weighted by molar-refractivity contribution is 7.26. The molecule has 1 heterocycles. The van der Waals surface area contributed by atoms with Gasteiger partial charge in [-0.05, 0) is 11.1 Å². The Hall–Kier alpha value is -2.06. The molecule has 0 nitrogen and oxygen atoms in total. The Morgan fingerprint density at radius 1 is 0.750 bits per heavy atom. The van der Waals surface area contributed by atoms with E-state index in [0.29, 0.717) is 0 Å². The van der Waals surface area contributed by atoms with Crippen LogP contribution in [0.25, 0.3) is 31.3 Å². The third-order valence-corrected chi connectivity index (χ3v) is 4.81. The van der Waals surface area contributed by atoms with E-state index in [4.69, 9.17) is 7.85 Å². The average Bonchev–Trinajstić information content (AvgIpc) is 2.85. The van der Waals surface area contributed by atoms with E-state index in [9.17, 15) is 0 Å². The first-order valence-corrected chi connectivity index (χ1v) is 7.41. The van der Waals surface area contributed by atoms with Crippen LogP contribution in [0.15, 0.2) is 66.7 Å². The van der Waals surface area contributed by atoms with Gasteiger partial charge in [0.05, 0.1) is 0 Å². The summed E-state index contributed by atoms with van der Waals surface area (Å²) in [6, 6.07) is 23.2. The summed E-state index contributed by atoms with van der Waals surface area (Å²) in [5.41, 5.74) is 3.38. The highest BCUT2D eigenvalue weighted by atomic mass is 32.1.